The van der Waals surface area contributed by atoms with E-state index in [1.54, 1.807) is 0 Å². The Morgan fingerprint density at radius 3 is 1.51 bits per heavy atom. The summed E-state index contributed by atoms with van der Waals surface area (Å²) >= 11 is 0. The molecular weight excluding hydrogens is 623 g/mol. The molecule has 0 spiro atoms. The predicted molar refractivity (Wildman–Crippen MR) is 209 cm³/mol. The Morgan fingerprint density at radius 1 is 0.333 bits per heavy atom. The number of nitrogens with zero attached hydrogens (tertiary/aromatic N) is 3. The zero-order chi connectivity index (χ0) is 33.7. The van der Waals surface area contributed by atoms with Gasteiger partial charge in [-0.2, -0.15) is 0 Å². The maximum absolute atomic E-state index is 6.60. The smallest absolute Gasteiger partial charge is 0.164 e. The summed E-state index contributed by atoms with van der Waals surface area (Å²) in [4.78, 5) is 14.8. The van der Waals surface area contributed by atoms with Crippen LogP contribution in [0.25, 0.3) is 99.9 Å². The molecule has 0 aliphatic rings. The Morgan fingerprint density at radius 2 is 0.863 bits per heavy atom. The normalized spacial score (nSPS) is 11.5. The maximum atomic E-state index is 6.60. The van der Waals surface area contributed by atoms with Gasteiger partial charge in [-0.05, 0) is 62.7 Å². The van der Waals surface area contributed by atoms with Gasteiger partial charge in [0.25, 0.3) is 0 Å². The van der Waals surface area contributed by atoms with Gasteiger partial charge >= 0.3 is 0 Å². The van der Waals surface area contributed by atoms with Crippen molar-refractivity contribution in [1.82, 2.24) is 15.0 Å². The number of fused-ring (bicyclic) bond motifs is 6. The van der Waals surface area contributed by atoms with Crippen LogP contribution in [-0.2, 0) is 0 Å². The average Bonchev–Trinajstić information content (AvgIpc) is 3.60. The van der Waals surface area contributed by atoms with Crippen LogP contribution in [0.1, 0.15) is 0 Å². The van der Waals surface area contributed by atoms with E-state index in [-0.39, 0.29) is 0 Å². The first-order chi connectivity index (χ1) is 25.3. The SMILES string of the molecule is c1ccc(-c2nc(-c3ccccc3)nc(-c3ccc4cc(-c5cc6c(oc7cccc(-c8ccccc8)c76)c6ccccc56)ccc4c3)n2)cc1. The zero-order valence-electron chi connectivity index (χ0n) is 27.5. The molecule has 0 amide bonds. The second-order valence-electron chi connectivity index (χ2n) is 12.8. The molecule has 0 N–H and O–H groups in total. The summed E-state index contributed by atoms with van der Waals surface area (Å²) in [5.41, 5.74) is 9.32. The quantitative estimate of drug-likeness (QED) is 0.186. The molecular formula is C47H29N3O. The molecule has 0 atom stereocenters. The molecule has 4 nitrogen and oxygen atoms in total. The highest BCUT2D eigenvalue weighted by Gasteiger charge is 2.18. The fourth-order valence-electron chi connectivity index (χ4n) is 7.24. The van der Waals surface area contributed by atoms with E-state index in [0.29, 0.717) is 17.5 Å². The van der Waals surface area contributed by atoms with E-state index in [4.69, 9.17) is 19.4 Å². The number of rotatable bonds is 5. The van der Waals surface area contributed by atoms with Crippen LogP contribution in [0.15, 0.2) is 180 Å². The van der Waals surface area contributed by atoms with Crippen LogP contribution in [0.3, 0.4) is 0 Å². The molecule has 0 fully saturated rings. The van der Waals surface area contributed by atoms with E-state index in [9.17, 15) is 0 Å². The Bertz CT molecular complexity index is 2840. The van der Waals surface area contributed by atoms with Gasteiger partial charge in [-0.25, -0.2) is 15.0 Å². The van der Waals surface area contributed by atoms with Gasteiger partial charge in [-0.3, -0.25) is 0 Å². The molecule has 0 aliphatic heterocycles. The van der Waals surface area contributed by atoms with Crippen molar-refractivity contribution in [2.24, 2.45) is 0 Å². The molecule has 0 bridgehead atoms. The molecule has 0 aliphatic carbocycles. The number of benzene rings is 8. The van der Waals surface area contributed by atoms with E-state index in [1.807, 2.05) is 60.7 Å². The van der Waals surface area contributed by atoms with Gasteiger partial charge in [0.2, 0.25) is 0 Å². The fourth-order valence-corrected chi connectivity index (χ4v) is 7.24. The fraction of sp³-hybridized carbons (Fsp3) is 0. The van der Waals surface area contributed by atoms with Crippen LogP contribution >= 0.6 is 0 Å². The highest BCUT2D eigenvalue weighted by Crippen LogP contribution is 2.43. The molecule has 51 heavy (non-hydrogen) atoms. The van der Waals surface area contributed by atoms with Crippen molar-refractivity contribution < 1.29 is 4.42 Å². The lowest BCUT2D eigenvalue weighted by molar-refractivity contribution is 0.673. The Balaban J connectivity index is 1.12. The third kappa shape index (κ3) is 5.04. The molecule has 4 heteroatoms. The second-order valence-corrected chi connectivity index (χ2v) is 12.8. The van der Waals surface area contributed by atoms with E-state index in [2.05, 4.69) is 115 Å². The highest BCUT2D eigenvalue weighted by molar-refractivity contribution is 6.22. The van der Waals surface area contributed by atoms with Crippen molar-refractivity contribution >= 4 is 43.5 Å². The van der Waals surface area contributed by atoms with Crippen molar-refractivity contribution in [2.45, 2.75) is 0 Å². The van der Waals surface area contributed by atoms with Crippen LogP contribution in [-0.4, -0.2) is 15.0 Å². The molecule has 10 aromatic rings. The predicted octanol–water partition coefficient (Wildman–Crippen LogP) is 12.4. The largest absolute Gasteiger partial charge is 0.455 e. The summed E-state index contributed by atoms with van der Waals surface area (Å²) in [6, 6.07) is 61.1. The molecule has 2 aromatic heterocycles. The van der Waals surface area contributed by atoms with Crippen LogP contribution in [0.5, 0.6) is 0 Å². The molecule has 0 radical (unpaired) electrons. The van der Waals surface area contributed by atoms with Gasteiger partial charge in [0.1, 0.15) is 11.2 Å². The van der Waals surface area contributed by atoms with Gasteiger partial charge < -0.3 is 4.42 Å². The lowest BCUT2D eigenvalue weighted by Gasteiger charge is -2.11. The minimum absolute atomic E-state index is 0.645. The lowest BCUT2D eigenvalue weighted by Crippen LogP contribution is -2.00. The highest BCUT2D eigenvalue weighted by atomic mass is 16.3. The van der Waals surface area contributed by atoms with Gasteiger partial charge in [0.05, 0.1) is 0 Å². The molecule has 8 aromatic carbocycles. The number of furan rings is 1. The third-order valence-corrected chi connectivity index (χ3v) is 9.70. The van der Waals surface area contributed by atoms with E-state index < -0.39 is 0 Å². The topological polar surface area (TPSA) is 51.8 Å². The standard InChI is InChI=1S/C47H29N3O/c1-4-13-30(14-5-1)37-21-12-22-42-43(37)41-29-40(38-19-10-11-20-39(38)44(41)51-42)35-25-23-34-28-36(26-24-33(34)27-35)47-49-45(31-15-6-2-7-16-31)48-46(50-47)32-17-8-3-9-18-32/h1-29H. The zero-order valence-corrected chi connectivity index (χ0v) is 27.5. The minimum Gasteiger partial charge on any atom is -0.455 e. The van der Waals surface area contributed by atoms with Crippen LogP contribution in [0.2, 0.25) is 0 Å². The lowest BCUT2D eigenvalue weighted by atomic mass is 9.92. The summed E-state index contributed by atoms with van der Waals surface area (Å²) in [7, 11) is 0. The summed E-state index contributed by atoms with van der Waals surface area (Å²) in [6.07, 6.45) is 0. The van der Waals surface area contributed by atoms with E-state index in [0.717, 1.165) is 65.7 Å². The summed E-state index contributed by atoms with van der Waals surface area (Å²) in [5.74, 6) is 1.95. The third-order valence-electron chi connectivity index (χ3n) is 9.70. The average molecular weight is 652 g/mol. The Labute approximate surface area is 294 Å². The minimum atomic E-state index is 0.645. The van der Waals surface area contributed by atoms with Crippen molar-refractivity contribution in [2.75, 3.05) is 0 Å². The van der Waals surface area contributed by atoms with E-state index in [1.165, 1.54) is 16.7 Å². The van der Waals surface area contributed by atoms with Crippen molar-refractivity contribution in [3.63, 3.8) is 0 Å². The van der Waals surface area contributed by atoms with Crippen LogP contribution < -0.4 is 0 Å². The molecule has 0 saturated heterocycles. The first kappa shape index (κ1) is 29.0. The van der Waals surface area contributed by atoms with Crippen molar-refractivity contribution in [3.8, 4) is 56.4 Å². The Kier molecular flexibility index (Phi) is 6.78. The van der Waals surface area contributed by atoms with Gasteiger partial charge in [0, 0.05) is 32.8 Å². The van der Waals surface area contributed by atoms with Crippen molar-refractivity contribution in [1.29, 1.82) is 0 Å². The van der Waals surface area contributed by atoms with Gasteiger partial charge in [-0.15, -0.1) is 0 Å². The monoisotopic (exact) mass is 651 g/mol. The number of hydrogen-bond donors (Lipinski definition) is 0. The first-order valence-electron chi connectivity index (χ1n) is 17.1. The number of aromatic nitrogens is 3. The molecule has 2 heterocycles. The summed E-state index contributed by atoms with van der Waals surface area (Å²) in [5, 5.41) is 6.78. The summed E-state index contributed by atoms with van der Waals surface area (Å²) in [6.45, 7) is 0. The van der Waals surface area contributed by atoms with E-state index >= 15 is 0 Å². The molecule has 238 valence electrons. The summed E-state index contributed by atoms with van der Waals surface area (Å²) < 4.78 is 6.60. The Hall–Kier alpha value is -6.91. The molecule has 0 unspecified atom stereocenters. The van der Waals surface area contributed by atoms with Crippen LogP contribution in [0.4, 0.5) is 0 Å². The second kappa shape index (κ2) is 11.9. The van der Waals surface area contributed by atoms with Crippen molar-refractivity contribution in [3.05, 3.63) is 176 Å². The number of hydrogen-bond acceptors (Lipinski definition) is 4. The van der Waals surface area contributed by atoms with Gasteiger partial charge in [0.15, 0.2) is 17.5 Å². The molecule has 0 saturated carbocycles. The van der Waals surface area contributed by atoms with Gasteiger partial charge in [-0.1, -0.05) is 152 Å². The first-order valence-corrected chi connectivity index (χ1v) is 17.1. The maximum Gasteiger partial charge on any atom is 0.164 e. The van der Waals surface area contributed by atoms with Crippen LogP contribution in [0, 0.1) is 0 Å². The molecule has 10 rings (SSSR count).